The highest BCUT2D eigenvalue weighted by Crippen LogP contribution is 2.33. The van der Waals surface area contributed by atoms with Crippen LogP contribution in [0.5, 0.6) is 0 Å². The molecule has 49 heavy (non-hydrogen) atoms. The minimum atomic E-state index is -1.84. The monoisotopic (exact) mass is 713 g/mol. The molecule has 3 amide bonds. The first-order valence-electron chi connectivity index (χ1n) is 15.5. The van der Waals surface area contributed by atoms with Gasteiger partial charge in [-0.1, -0.05) is 0 Å². The molecule has 21 heteroatoms. The van der Waals surface area contributed by atoms with E-state index in [1.807, 2.05) is 0 Å². The van der Waals surface area contributed by atoms with Crippen molar-refractivity contribution in [2.24, 2.45) is 0 Å². The van der Waals surface area contributed by atoms with E-state index < -0.39 is 142 Å². The molecule has 0 saturated carbocycles. The van der Waals surface area contributed by atoms with Gasteiger partial charge in [-0.25, -0.2) is 0 Å². The lowest BCUT2D eigenvalue weighted by atomic mass is 9.94. The van der Waals surface area contributed by atoms with Crippen molar-refractivity contribution in [1.82, 2.24) is 16.0 Å². The molecule has 21 nitrogen and oxygen atoms in total. The van der Waals surface area contributed by atoms with Crippen molar-refractivity contribution in [3.05, 3.63) is 0 Å². The van der Waals surface area contributed by atoms with Crippen LogP contribution < -0.4 is 16.0 Å². The first-order chi connectivity index (χ1) is 23.1. The second-order valence-electron chi connectivity index (χ2n) is 12.0. The maximum atomic E-state index is 12.3. The molecule has 3 rings (SSSR count). The Balaban J connectivity index is 2.00. The third-order valence-corrected chi connectivity index (χ3v) is 8.25. The summed E-state index contributed by atoms with van der Waals surface area (Å²) >= 11 is 0. The standard InChI is InChI=1S/C28H47N3O18/c1-9-19(39)23(43)25(49-26-17(30-11(3)37)22(42)20(40)15(7-34)46-26)28(44-9)48-24-18(31-12(4)38)27(47-16(8-35)21(24)41)45-14(6-33)13(5-32)29-10(2)36/h6,9,13-28,32,34-35,39-43H,5,7-8H2,1-4H3,(H,29,36)(H,30,37)(H,31,38)/t9-,13-,14-,15+,16+,17+,18+,19+,20-,21+,22+,23+,24+,25-,26+,27+,28-/m0/s1. The summed E-state index contributed by atoms with van der Waals surface area (Å²) in [5.74, 6) is -2.02. The summed E-state index contributed by atoms with van der Waals surface area (Å²) in [5.41, 5.74) is 0. The van der Waals surface area contributed by atoms with Crippen LogP contribution >= 0.6 is 0 Å². The molecule has 3 aliphatic heterocycles. The normalized spacial score (nSPS) is 40.9. The van der Waals surface area contributed by atoms with E-state index in [-0.39, 0.29) is 6.29 Å². The largest absolute Gasteiger partial charge is 0.394 e. The summed E-state index contributed by atoms with van der Waals surface area (Å²) in [6, 6.07) is -4.29. The van der Waals surface area contributed by atoms with Crippen LogP contribution in [0, 0.1) is 0 Å². The molecule has 0 aromatic rings. The summed E-state index contributed by atoms with van der Waals surface area (Å²) in [5, 5.41) is 90.8. The molecule has 0 spiro atoms. The maximum Gasteiger partial charge on any atom is 0.217 e. The molecule has 3 fully saturated rings. The Kier molecular flexibility index (Phi) is 15.2. The Bertz CT molecular complexity index is 1120. The molecule has 0 aliphatic carbocycles. The third-order valence-electron chi connectivity index (χ3n) is 8.25. The Hall–Kier alpha value is -2.48. The third kappa shape index (κ3) is 9.86. The fourth-order valence-electron chi connectivity index (χ4n) is 5.76. The van der Waals surface area contributed by atoms with Gasteiger partial charge in [0.2, 0.25) is 17.7 Å². The van der Waals surface area contributed by atoms with E-state index in [1.165, 1.54) is 6.92 Å². The molecule has 0 aromatic heterocycles. The zero-order chi connectivity index (χ0) is 36.7. The molecule has 3 saturated heterocycles. The number of rotatable bonds is 14. The molecule has 0 unspecified atom stereocenters. The van der Waals surface area contributed by atoms with Gasteiger partial charge in [0.15, 0.2) is 25.2 Å². The molecular weight excluding hydrogens is 666 g/mol. The average Bonchev–Trinajstić information content (AvgIpc) is 3.04. The van der Waals surface area contributed by atoms with Gasteiger partial charge in [-0.05, 0) is 6.92 Å². The first-order valence-corrected chi connectivity index (χ1v) is 15.5. The number of carbonyl (C=O) groups is 4. The molecule has 0 radical (unpaired) electrons. The highest BCUT2D eigenvalue weighted by atomic mass is 16.8. The van der Waals surface area contributed by atoms with Crippen molar-refractivity contribution in [1.29, 1.82) is 0 Å². The van der Waals surface area contributed by atoms with Crippen molar-refractivity contribution in [2.75, 3.05) is 19.8 Å². The number of nitrogens with one attached hydrogen (secondary N) is 3. The van der Waals surface area contributed by atoms with E-state index in [9.17, 15) is 60.0 Å². The van der Waals surface area contributed by atoms with Crippen LogP contribution in [0.2, 0.25) is 0 Å². The number of ether oxygens (including phenoxy) is 6. The van der Waals surface area contributed by atoms with Crippen molar-refractivity contribution in [3.63, 3.8) is 0 Å². The van der Waals surface area contributed by atoms with Crippen LogP contribution in [0.3, 0.4) is 0 Å². The van der Waals surface area contributed by atoms with Crippen molar-refractivity contribution in [2.45, 2.75) is 132 Å². The van der Waals surface area contributed by atoms with E-state index >= 15 is 0 Å². The molecule has 17 atom stereocenters. The Labute approximate surface area is 280 Å². The topological polar surface area (TPSA) is 322 Å². The van der Waals surface area contributed by atoms with Gasteiger partial charge in [0.1, 0.15) is 73.1 Å². The molecule has 282 valence electrons. The number of aliphatic hydroxyl groups excluding tert-OH is 8. The minimum Gasteiger partial charge on any atom is -0.394 e. The van der Waals surface area contributed by atoms with Crippen LogP contribution in [-0.2, 0) is 47.6 Å². The van der Waals surface area contributed by atoms with Gasteiger partial charge in [0.05, 0.1) is 32.0 Å². The van der Waals surface area contributed by atoms with Gasteiger partial charge >= 0.3 is 0 Å². The van der Waals surface area contributed by atoms with Crippen LogP contribution in [0.1, 0.15) is 27.7 Å². The first kappa shape index (κ1) is 40.9. The molecule has 0 aromatic carbocycles. The summed E-state index contributed by atoms with van der Waals surface area (Å²) < 4.78 is 34.7. The van der Waals surface area contributed by atoms with E-state index in [1.54, 1.807) is 0 Å². The SMILES string of the molecule is CC(=O)N[C@H]1[C@@H](O[C@@H]2[C@H](O[C@H]3[C@H](O)[C@@H](CO)O[C@@H](O[C@@H](C=O)[C@H](CO)NC(C)=O)[C@@H]3NC(C)=O)O[C@@H](C)[C@@H](O)[C@H]2O)O[C@H](CO)[C@H](O)[C@@H]1O. The lowest BCUT2D eigenvalue weighted by Gasteiger charge is -2.49. The smallest absolute Gasteiger partial charge is 0.217 e. The van der Waals surface area contributed by atoms with Crippen LogP contribution in [0.4, 0.5) is 0 Å². The minimum absolute atomic E-state index is 0.244. The van der Waals surface area contributed by atoms with Gasteiger partial charge in [-0.3, -0.25) is 14.4 Å². The number of hydrogen-bond acceptors (Lipinski definition) is 18. The van der Waals surface area contributed by atoms with Gasteiger partial charge < -0.3 is 90.0 Å². The highest BCUT2D eigenvalue weighted by molar-refractivity contribution is 5.74. The Morgan fingerprint density at radius 3 is 1.78 bits per heavy atom. The fraction of sp³-hybridized carbons (Fsp3) is 0.857. The number of hydrogen-bond donors (Lipinski definition) is 11. The molecule has 3 aliphatic rings. The van der Waals surface area contributed by atoms with E-state index in [2.05, 4.69) is 16.0 Å². The van der Waals surface area contributed by atoms with Gasteiger partial charge in [-0.15, -0.1) is 0 Å². The van der Waals surface area contributed by atoms with Crippen molar-refractivity contribution in [3.8, 4) is 0 Å². The summed E-state index contributed by atoms with van der Waals surface area (Å²) in [4.78, 5) is 47.9. The van der Waals surface area contributed by atoms with Crippen LogP contribution in [0.25, 0.3) is 0 Å². The number of amides is 3. The van der Waals surface area contributed by atoms with Gasteiger partial charge in [0.25, 0.3) is 0 Å². The van der Waals surface area contributed by atoms with Crippen LogP contribution in [0.15, 0.2) is 0 Å². The predicted octanol–water partition coefficient (Wildman–Crippen LogP) is -7.17. The second kappa shape index (κ2) is 18.1. The zero-order valence-corrected chi connectivity index (χ0v) is 27.2. The predicted molar refractivity (Wildman–Crippen MR) is 156 cm³/mol. The fourth-order valence-corrected chi connectivity index (χ4v) is 5.76. The second-order valence-corrected chi connectivity index (χ2v) is 12.0. The van der Waals surface area contributed by atoms with Gasteiger partial charge in [-0.2, -0.15) is 0 Å². The molecular formula is C28H47N3O18. The molecule has 0 bridgehead atoms. The quantitative estimate of drug-likeness (QED) is 0.0745. The highest BCUT2D eigenvalue weighted by Gasteiger charge is 2.54. The number of aldehydes is 1. The molecule has 3 heterocycles. The zero-order valence-electron chi connectivity index (χ0n) is 27.2. The van der Waals surface area contributed by atoms with Crippen molar-refractivity contribution < 1.29 is 88.5 Å². The van der Waals surface area contributed by atoms with Gasteiger partial charge in [0, 0.05) is 20.8 Å². The maximum absolute atomic E-state index is 12.3. The summed E-state index contributed by atoms with van der Waals surface area (Å²) in [6.45, 7) is 2.27. The Morgan fingerprint density at radius 2 is 1.24 bits per heavy atom. The van der Waals surface area contributed by atoms with E-state index in [0.29, 0.717) is 0 Å². The molecule has 11 N–H and O–H groups in total. The van der Waals surface area contributed by atoms with E-state index in [4.69, 9.17) is 28.4 Å². The number of aliphatic hydroxyl groups is 8. The Morgan fingerprint density at radius 1 is 0.694 bits per heavy atom. The average molecular weight is 714 g/mol. The lowest BCUT2D eigenvalue weighted by molar-refractivity contribution is -0.372. The van der Waals surface area contributed by atoms with Crippen molar-refractivity contribution >= 4 is 24.0 Å². The summed E-state index contributed by atoms with van der Waals surface area (Å²) in [7, 11) is 0. The summed E-state index contributed by atoms with van der Waals surface area (Å²) in [6.07, 6.45) is -22.7. The number of carbonyl (C=O) groups excluding carboxylic acids is 4. The van der Waals surface area contributed by atoms with Crippen LogP contribution in [-0.4, -0.2) is 189 Å². The van der Waals surface area contributed by atoms with E-state index in [0.717, 1.165) is 20.8 Å². The lowest BCUT2D eigenvalue weighted by Crippen LogP contribution is -2.70.